The van der Waals surface area contributed by atoms with E-state index in [0.29, 0.717) is 44.4 Å². The number of aliphatic hydroxyl groups is 1. The lowest BCUT2D eigenvalue weighted by Crippen LogP contribution is -2.06. The average Bonchev–Trinajstić information content (AvgIpc) is 2.74. The number of benzene rings is 3. The summed E-state index contributed by atoms with van der Waals surface area (Å²) in [5, 5.41) is 14.3. The van der Waals surface area contributed by atoms with Crippen LogP contribution in [0.25, 0.3) is 0 Å². The molecule has 1 unspecified atom stereocenters. The predicted molar refractivity (Wildman–Crippen MR) is 116 cm³/mol. The maximum absolute atomic E-state index is 14.7. The van der Waals surface area contributed by atoms with E-state index in [4.69, 9.17) is 21.1 Å². The molecule has 4 nitrogen and oxygen atoms in total. The zero-order valence-electron chi connectivity index (χ0n) is 15.9. The topological polar surface area (TPSA) is 50.7 Å². The van der Waals surface area contributed by atoms with Crippen LogP contribution in [0.1, 0.15) is 22.8 Å². The van der Waals surface area contributed by atoms with Crippen LogP contribution in [0.3, 0.4) is 0 Å². The summed E-state index contributed by atoms with van der Waals surface area (Å²) in [4.78, 5) is 0. The van der Waals surface area contributed by atoms with Crippen LogP contribution in [-0.2, 0) is 6.54 Å². The zero-order valence-corrected chi connectivity index (χ0v) is 18.2. The molecule has 152 valence electrons. The quantitative estimate of drug-likeness (QED) is 0.438. The largest absolute Gasteiger partial charge is 0.497 e. The Morgan fingerprint density at radius 1 is 1.07 bits per heavy atom. The lowest BCUT2D eigenvalue weighted by atomic mass is 10.0. The van der Waals surface area contributed by atoms with Gasteiger partial charge in [-0.05, 0) is 42.0 Å². The fourth-order valence-electron chi connectivity index (χ4n) is 2.92. The Balaban J connectivity index is 1.80. The van der Waals surface area contributed by atoms with Gasteiger partial charge in [0.2, 0.25) is 0 Å². The molecular formula is C22H20BrClFNO3. The molecule has 0 aliphatic rings. The minimum absolute atomic E-state index is 0.307. The molecular weight excluding hydrogens is 461 g/mol. The highest BCUT2D eigenvalue weighted by atomic mass is 79.9. The van der Waals surface area contributed by atoms with Gasteiger partial charge in [-0.3, -0.25) is 0 Å². The van der Waals surface area contributed by atoms with Crippen molar-refractivity contribution in [1.82, 2.24) is 0 Å². The fourth-order valence-corrected chi connectivity index (χ4v) is 3.61. The summed E-state index contributed by atoms with van der Waals surface area (Å²) in [6, 6.07) is 15.2. The molecule has 0 heterocycles. The van der Waals surface area contributed by atoms with E-state index in [-0.39, 0.29) is 0 Å². The van der Waals surface area contributed by atoms with Crippen molar-refractivity contribution in [2.45, 2.75) is 12.6 Å². The van der Waals surface area contributed by atoms with Crippen LogP contribution in [-0.4, -0.2) is 19.3 Å². The Kier molecular flexibility index (Phi) is 7.00. The number of anilines is 1. The summed E-state index contributed by atoms with van der Waals surface area (Å²) in [5.74, 6) is 0.856. The lowest BCUT2D eigenvalue weighted by Gasteiger charge is -2.17. The summed E-state index contributed by atoms with van der Waals surface area (Å²) >= 11 is 9.32. The monoisotopic (exact) mass is 479 g/mol. The molecule has 3 aromatic rings. The first-order valence-electron chi connectivity index (χ1n) is 8.80. The van der Waals surface area contributed by atoms with Gasteiger partial charge >= 0.3 is 0 Å². The number of halogens is 3. The summed E-state index contributed by atoms with van der Waals surface area (Å²) in [7, 11) is 3.15. The highest BCUT2D eigenvalue weighted by Gasteiger charge is 2.17. The van der Waals surface area contributed by atoms with Gasteiger partial charge in [-0.1, -0.05) is 39.7 Å². The van der Waals surface area contributed by atoms with Crippen LogP contribution < -0.4 is 14.8 Å². The molecule has 1 atom stereocenters. The van der Waals surface area contributed by atoms with E-state index >= 15 is 0 Å². The van der Waals surface area contributed by atoms with Gasteiger partial charge in [0.1, 0.15) is 23.4 Å². The SMILES string of the molecule is COc1ccc(CNc2cc(Br)c(C(O)c3ccc(Cl)cc3)cc2F)c(OC)c1. The molecule has 2 N–H and O–H groups in total. The first-order chi connectivity index (χ1) is 13.9. The Hall–Kier alpha value is -2.28. The first-order valence-corrected chi connectivity index (χ1v) is 9.97. The molecule has 3 rings (SSSR count). The molecule has 0 fully saturated rings. The van der Waals surface area contributed by atoms with Gasteiger partial charge in [-0.2, -0.15) is 0 Å². The third kappa shape index (κ3) is 5.01. The number of aliphatic hydroxyl groups excluding tert-OH is 1. The number of methoxy groups -OCH3 is 2. The smallest absolute Gasteiger partial charge is 0.146 e. The van der Waals surface area contributed by atoms with Crippen LogP contribution >= 0.6 is 27.5 Å². The summed E-state index contributed by atoms with van der Waals surface area (Å²) in [6.07, 6.45) is -0.980. The van der Waals surface area contributed by atoms with Crippen LogP contribution in [0.4, 0.5) is 10.1 Å². The zero-order chi connectivity index (χ0) is 21.0. The predicted octanol–water partition coefficient (Wildman–Crippen LogP) is 5.95. The molecule has 0 bridgehead atoms. The van der Waals surface area contributed by atoms with Crippen LogP contribution in [0, 0.1) is 5.82 Å². The van der Waals surface area contributed by atoms with E-state index in [2.05, 4.69) is 21.2 Å². The third-order valence-electron chi connectivity index (χ3n) is 4.53. The highest BCUT2D eigenvalue weighted by molar-refractivity contribution is 9.10. The van der Waals surface area contributed by atoms with Gasteiger partial charge in [0.15, 0.2) is 0 Å². The van der Waals surface area contributed by atoms with Gasteiger partial charge in [-0.25, -0.2) is 4.39 Å². The van der Waals surface area contributed by atoms with E-state index in [9.17, 15) is 9.50 Å². The first kappa shape index (κ1) is 21.4. The molecule has 0 aliphatic carbocycles. The highest BCUT2D eigenvalue weighted by Crippen LogP contribution is 2.33. The molecule has 3 aromatic carbocycles. The Labute approximate surface area is 182 Å². The number of rotatable bonds is 7. The van der Waals surface area contributed by atoms with E-state index in [1.54, 1.807) is 50.6 Å². The molecule has 7 heteroatoms. The molecule has 0 amide bonds. The fraction of sp³-hybridized carbons (Fsp3) is 0.182. The molecule has 0 saturated carbocycles. The second-order valence-electron chi connectivity index (χ2n) is 6.34. The molecule has 0 aliphatic heterocycles. The van der Waals surface area contributed by atoms with Crippen molar-refractivity contribution >= 4 is 33.2 Å². The van der Waals surface area contributed by atoms with Crippen molar-refractivity contribution in [2.24, 2.45) is 0 Å². The maximum Gasteiger partial charge on any atom is 0.146 e. The minimum atomic E-state index is -0.980. The lowest BCUT2D eigenvalue weighted by molar-refractivity contribution is 0.219. The van der Waals surface area contributed by atoms with E-state index in [1.807, 2.05) is 12.1 Å². The van der Waals surface area contributed by atoms with Gasteiger partial charge in [0, 0.05) is 33.2 Å². The minimum Gasteiger partial charge on any atom is -0.497 e. The molecule has 0 spiro atoms. The maximum atomic E-state index is 14.7. The van der Waals surface area contributed by atoms with Crippen LogP contribution in [0.15, 0.2) is 59.1 Å². The Morgan fingerprint density at radius 3 is 2.45 bits per heavy atom. The van der Waals surface area contributed by atoms with Crippen molar-refractivity contribution in [1.29, 1.82) is 0 Å². The molecule has 29 heavy (non-hydrogen) atoms. The van der Waals surface area contributed by atoms with E-state index < -0.39 is 11.9 Å². The second-order valence-corrected chi connectivity index (χ2v) is 7.63. The van der Waals surface area contributed by atoms with Crippen LogP contribution in [0.2, 0.25) is 5.02 Å². The second kappa shape index (κ2) is 9.48. The van der Waals surface area contributed by atoms with Crippen molar-refractivity contribution < 1.29 is 19.0 Å². The van der Waals surface area contributed by atoms with Crippen molar-refractivity contribution in [3.8, 4) is 11.5 Å². The summed E-state index contributed by atoms with van der Waals surface area (Å²) in [5.41, 5.74) is 2.21. The number of hydrogen-bond acceptors (Lipinski definition) is 4. The number of nitrogens with one attached hydrogen (secondary N) is 1. The number of hydrogen-bond donors (Lipinski definition) is 2. The van der Waals surface area contributed by atoms with Gasteiger partial charge in [0.25, 0.3) is 0 Å². The Bertz CT molecular complexity index is 998. The summed E-state index contributed by atoms with van der Waals surface area (Å²) < 4.78 is 25.9. The van der Waals surface area contributed by atoms with Gasteiger partial charge < -0.3 is 19.9 Å². The Morgan fingerprint density at radius 2 is 1.79 bits per heavy atom. The standard InChI is InChI=1S/C22H20BrClFNO3/c1-28-16-8-5-14(21(9-16)29-2)12-26-20-11-18(23)17(10-19(20)25)22(27)13-3-6-15(24)7-4-13/h3-11,22,26-27H,12H2,1-2H3. The van der Waals surface area contributed by atoms with Crippen molar-refractivity contribution in [2.75, 3.05) is 19.5 Å². The van der Waals surface area contributed by atoms with Crippen LogP contribution in [0.5, 0.6) is 11.5 Å². The number of ether oxygens (including phenoxy) is 2. The van der Waals surface area contributed by atoms with E-state index in [0.717, 1.165) is 5.56 Å². The van der Waals surface area contributed by atoms with Gasteiger partial charge in [0.05, 0.1) is 19.9 Å². The van der Waals surface area contributed by atoms with Gasteiger partial charge in [-0.15, -0.1) is 0 Å². The normalized spacial score (nSPS) is 11.8. The van der Waals surface area contributed by atoms with Crippen molar-refractivity contribution in [3.05, 3.63) is 86.6 Å². The van der Waals surface area contributed by atoms with E-state index in [1.165, 1.54) is 6.07 Å². The average molecular weight is 481 g/mol. The third-order valence-corrected chi connectivity index (χ3v) is 5.47. The summed E-state index contributed by atoms with van der Waals surface area (Å²) in [6.45, 7) is 0.357. The molecule has 0 aromatic heterocycles. The molecule has 0 radical (unpaired) electrons. The van der Waals surface area contributed by atoms with Crippen molar-refractivity contribution in [3.63, 3.8) is 0 Å². The molecule has 0 saturated heterocycles.